The lowest BCUT2D eigenvalue weighted by Crippen LogP contribution is -2.40. The molecule has 29 heavy (non-hydrogen) atoms. The summed E-state index contributed by atoms with van der Waals surface area (Å²) >= 11 is 0. The summed E-state index contributed by atoms with van der Waals surface area (Å²) in [4.78, 5) is 14.7. The van der Waals surface area contributed by atoms with Gasteiger partial charge in [0.25, 0.3) is 0 Å². The molecule has 0 saturated carbocycles. The normalized spacial score (nSPS) is 14.7. The van der Waals surface area contributed by atoms with Crippen molar-refractivity contribution >= 4 is 18.3 Å². The number of rotatable bonds is 7. The first-order chi connectivity index (χ1) is 13.5. The van der Waals surface area contributed by atoms with E-state index in [1.807, 2.05) is 11.9 Å². The van der Waals surface area contributed by atoms with Gasteiger partial charge in [-0.05, 0) is 70.7 Å². The molecule has 2 aromatic rings. The molecule has 0 unspecified atom stereocenters. The zero-order valence-electron chi connectivity index (χ0n) is 18.2. The van der Waals surface area contributed by atoms with Crippen LogP contribution in [0.4, 0.5) is 0 Å². The molecule has 0 spiro atoms. The Bertz CT molecular complexity index is 792. The summed E-state index contributed by atoms with van der Waals surface area (Å²) in [6.07, 6.45) is 3.58. The molecule has 6 heteroatoms. The van der Waals surface area contributed by atoms with Gasteiger partial charge in [0.1, 0.15) is 0 Å². The third-order valence-corrected chi connectivity index (χ3v) is 6.03. The van der Waals surface area contributed by atoms with Gasteiger partial charge in [-0.1, -0.05) is 29.8 Å². The largest absolute Gasteiger partial charge is 0.343 e. The van der Waals surface area contributed by atoms with Crippen LogP contribution in [0.2, 0.25) is 0 Å². The van der Waals surface area contributed by atoms with Gasteiger partial charge in [-0.2, -0.15) is 5.10 Å². The van der Waals surface area contributed by atoms with E-state index in [9.17, 15) is 4.79 Å². The second-order valence-corrected chi connectivity index (χ2v) is 8.17. The molecular weight excluding hydrogens is 384 g/mol. The average Bonchev–Trinajstić information content (AvgIpc) is 2.95. The molecule has 160 valence electrons. The predicted molar refractivity (Wildman–Crippen MR) is 121 cm³/mol. The fourth-order valence-corrected chi connectivity index (χ4v) is 4.18. The van der Waals surface area contributed by atoms with E-state index in [0.717, 1.165) is 51.1 Å². The van der Waals surface area contributed by atoms with Crippen LogP contribution in [0.1, 0.15) is 47.3 Å². The highest BCUT2D eigenvalue weighted by molar-refractivity contribution is 5.85. The number of amides is 1. The molecule has 0 aliphatic carbocycles. The Morgan fingerprint density at radius 3 is 2.41 bits per heavy atom. The Morgan fingerprint density at radius 2 is 1.79 bits per heavy atom. The van der Waals surface area contributed by atoms with Gasteiger partial charge in [0.15, 0.2) is 0 Å². The number of nitrogens with zero attached hydrogens (tertiary/aromatic N) is 3. The standard InChI is InChI=1S/C23H34N4O.ClH/c1-17-5-7-21(8-6-17)16-27-19(3)22(18(2)25-27)9-10-23(28)26-13-11-20(12-14-26)15-24-4;/h5-8,20,24H,9-16H2,1-4H3;1H. The lowest BCUT2D eigenvalue weighted by molar-refractivity contribution is -0.132. The molecule has 1 fully saturated rings. The summed E-state index contributed by atoms with van der Waals surface area (Å²) in [5, 5.41) is 7.98. The maximum Gasteiger partial charge on any atom is 0.222 e. The lowest BCUT2D eigenvalue weighted by atomic mass is 9.96. The molecule has 2 heterocycles. The summed E-state index contributed by atoms with van der Waals surface area (Å²) in [5.74, 6) is 0.992. The fraction of sp³-hybridized carbons (Fsp3) is 0.565. The van der Waals surface area contributed by atoms with Gasteiger partial charge in [0.05, 0.1) is 12.2 Å². The van der Waals surface area contributed by atoms with E-state index in [0.29, 0.717) is 12.3 Å². The number of aryl methyl sites for hydroxylation is 2. The fourth-order valence-electron chi connectivity index (χ4n) is 4.18. The van der Waals surface area contributed by atoms with Crippen LogP contribution in [-0.4, -0.2) is 47.3 Å². The van der Waals surface area contributed by atoms with Crippen LogP contribution in [0.3, 0.4) is 0 Å². The number of hydrogen-bond donors (Lipinski definition) is 1. The van der Waals surface area contributed by atoms with E-state index in [-0.39, 0.29) is 18.3 Å². The highest BCUT2D eigenvalue weighted by Gasteiger charge is 2.23. The molecule has 3 rings (SSSR count). The first-order valence-corrected chi connectivity index (χ1v) is 10.5. The monoisotopic (exact) mass is 418 g/mol. The van der Waals surface area contributed by atoms with E-state index in [1.54, 1.807) is 0 Å². The Morgan fingerprint density at radius 1 is 1.14 bits per heavy atom. The van der Waals surface area contributed by atoms with E-state index >= 15 is 0 Å². The van der Waals surface area contributed by atoms with E-state index in [1.165, 1.54) is 22.4 Å². The number of piperidine rings is 1. The number of aromatic nitrogens is 2. The van der Waals surface area contributed by atoms with E-state index in [2.05, 4.69) is 55.0 Å². The molecule has 1 saturated heterocycles. The molecule has 1 aromatic carbocycles. The molecule has 1 aromatic heterocycles. The van der Waals surface area contributed by atoms with Crippen LogP contribution < -0.4 is 5.32 Å². The molecule has 0 bridgehead atoms. The first kappa shape index (κ1) is 23.4. The molecule has 0 atom stereocenters. The summed E-state index contributed by atoms with van der Waals surface area (Å²) in [7, 11) is 2.00. The average molecular weight is 419 g/mol. The number of nitrogens with one attached hydrogen (secondary N) is 1. The summed E-state index contributed by atoms with van der Waals surface area (Å²) in [5.41, 5.74) is 5.98. The zero-order chi connectivity index (χ0) is 20.1. The number of carbonyl (C=O) groups is 1. The number of carbonyl (C=O) groups excluding carboxylic acids is 1. The molecule has 0 radical (unpaired) electrons. The van der Waals surface area contributed by atoms with Crippen LogP contribution >= 0.6 is 12.4 Å². The van der Waals surface area contributed by atoms with Crippen molar-refractivity contribution in [2.75, 3.05) is 26.7 Å². The van der Waals surface area contributed by atoms with Gasteiger partial charge in [-0.15, -0.1) is 12.4 Å². The van der Waals surface area contributed by atoms with Gasteiger partial charge >= 0.3 is 0 Å². The van der Waals surface area contributed by atoms with Crippen molar-refractivity contribution < 1.29 is 4.79 Å². The smallest absolute Gasteiger partial charge is 0.222 e. The minimum atomic E-state index is 0. The summed E-state index contributed by atoms with van der Waals surface area (Å²) < 4.78 is 2.07. The Labute approximate surface area is 181 Å². The van der Waals surface area contributed by atoms with Gasteiger partial charge < -0.3 is 10.2 Å². The second-order valence-electron chi connectivity index (χ2n) is 8.17. The van der Waals surface area contributed by atoms with Crippen LogP contribution in [-0.2, 0) is 17.8 Å². The molecular formula is C23H35ClN4O. The van der Waals surface area contributed by atoms with Crippen molar-refractivity contribution in [1.29, 1.82) is 0 Å². The third-order valence-electron chi connectivity index (χ3n) is 6.03. The molecule has 5 nitrogen and oxygen atoms in total. The molecule has 1 aliphatic rings. The minimum absolute atomic E-state index is 0. The van der Waals surface area contributed by atoms with E-state index < -0.39 is 0 Å². The Balaban J connectivity index is 0.00000300. The lowest BCUT2D eigenvalue weighted by Gasteiger charge is -2.32. The molecule has 1 N–H and O–H groups in total. The first-order valence-electron chi connectivity index (χ1n) is 10.5. The predicted octanol–water partition coefficient (Wildman–Crippen LogP) is 3.67. The Hall–Kier alpha value is -1.85. The number of benzene rings is 1. The third kappa shape index (κ3) is 6.06. The van der Waals surface area contributed by atoms with Crippen molar-refractivity contribution in [3.05, 3.63) is 52.3 Å². The number of hydrogen-bond acceptors (Lipinski definition) is 3. The zero-order valence-corrected chi connectivity index (χ0v) is 19.0. The van der Waals surface area contributed by atoms with Crippen LogP contribution in [0, 0.1) is 26.7 Å². The van der Waals surface area contributed by atoms with Crippen molar-refractivity contribution in [3.63, 3.8) is 0 Å². The second kappa shape index (κ2) is 10.8. The minimum Gasteiger partial charge on any atom is -0.343 e. The van der Waals surface area contributed by atoms with Crippen molar-refractivity contribution in [2.45, 2.75) is 53.0 Å². The van der Waals surface area contributed by atoms with Crippen LogP contribution in [0.15, 0.2) is 24.3 Å². The maximum atomic E-state index is 12.7. The van der Waals surface area contributed by atoms with Crippen molar-refractivity contribution in [1.82, 2.24) is 20.0 Å². The number of likely N-dealkylation sites (tertiary alicyclic amines) is 1. The van der Waals surface area contributed by atoms with Gasteiger partial charge in [0, 0.05) is 25.2 Å². The highest BCUT2D eigenvalue weighted by atomic mass is 35.5. The topological polar surface area (TPSA) is 50.2 Å². The van der Waals surface area contributed by atoms with Crippen LogP contribution in [0.5, 0.6) is 0 Å². The van der Waals surface area contributed by atoms with Gasteiger partial charge in [-0.25, -0.2) is 0 Å². The van der Waals surface area contributed by atoms with Crippen molar-refractivity contribution in [3.8, 4) is 0 Å². The quantitative estimate of drug-likeness (QED) is 0.746. The Kier molecular flexibility index (Phi) is 8.72. The van der Waals surface area contributed by atoms with E-state index in [4.69, 9.17) is 5.10 Å². The van der Waals surface area contributed by atoms with Crippen molar-refractivity contribution in [2.24, 2.45) is 5.92 Å². The van der Waals surface area contributed by atoms with Gasteiger partial charge in [0.2, 0.25) is 5.91 Å². The summed E-state index contributed by atoms with van der Waals surface area (Å²) in [6.45, 7) is 9.91. The molecule has 1 aliphatic heterocycles. The number of halogens is 1. The SMILES string of the molecule is CNCC1CCN(C(=O)CCc2c(C)nn(Cc3ccc(C)cc3)c2C)CC1.Cl. The molecule has 1 amide bonds. The highest BCUT2D eigenvalue weighted by Crippen LogP contribution is 2.20. The maximum absolute atomic E-state index is 12.7. The van der Waals surface area contributed by atoms with Gasteiger partial charge in [-0.3, -0.25) is 9.48 Å². The van der Waals surface area contributed by atoms with Crippen LogP contribution in [0.25, 0.3) is 0 Å². The summed E-state index contributed by atoms with van der Waals surface area (Å²) in [6, 6.07) is 8.60.